The number of benzene rings is 1. The van der Waals surface area contributed by atoms with Crippen molar-refractivity contribution in [2.45, 2.75) is 0 Å². The second kappa shape index (κ2) is 3.92. The molecule has 0 aliphatic rings. The van der Waals surface area contributed by atoms with E-state index >= 15 is 0 Å². The van der Waals surface area contributed by atoms with E-state index in [9.17, 15) is 4.39 Å². The Balaban J connectivity index is 2.52. The second-order valence-corrected chi connectivity index (χ2v) is 4.93. The molecule has 1 aromatic carbocycles. The van der Waals surface area contributed by atoms with Crippen molar-refractivity contribution in [3.8, 4) is 11.4 Å². The van der Waals surface area contributed by atoms with Crippen LogP contribution in [0.3, 0.4) is 0 Å². The lowest BCUT2D eigenvalue weighted by atomic mass is 10.2. The molecular formula is C8H3BrClFN2S. The van der Waals surface area contributed by atoms with Crippen LogP contribution < -0.4 is 0 Å². The van der Waals surface area contributed by atoms with Gasteiger partial charge in [-0.2, -0.15) is 4.37 Å². The Labute approximate surface area is 97.0 Å². The van der Waals surface area contributed by atoms with Crippen LogP contribution >= 0.6 is 39.1 Å². The summed E-state index contributed by atoms with van der Waals surface area (Å²) in [5.74, 6) is 0.139. The van der Waals surface area contributed by atoms with Gasteiger partial charge in [0.1, 0.15) is 5.82 Å². The predicted molar refractivity (Wildman–Crippen MR) is 58.0 cm³/mol. The topological polar surface area (TPSA) is 25.8 Å². The molecule has 2 nitrogen and oxygen atoms in total. The summed E-state index contributed by atoms with van der Waals surface area (Å²) < 4.78 is 17.5. The number of aromatic nitrogens is 2. The van der Waals surface area contributed by atoms with Crippen LogP contribution in [0, 0.1) is 5.82 Å². The minimum absolute atomic E-state index is 0.315. The normalized spacial score (nSPS) is 10.5. The van der Waals surface area contributed by atoms with Crippen LogP contribution in [0.4, 0.5) is 4.39 Å². The maximum absolute atomic E-state index is 12.7. The number of hydrogen-bond acceptors (Lipinski definition) is 3. The smallest absolute Gasteiger partial charge is 0.179 e. The summed E-state index contributed by atoms with van der Waals surface area (Å²) in [7, 11) is 0. The Hall–Kier alpha value is -0.520. The van der Waals surface area contributed by atoms with Crippen molar-refractivity contribution >= 4 is 39.1 Å². The van der Waals surface area contributed by atoms with Crippen LogP contribution in [-0.4, -0.2) is 9.36 Å². The highest BCUT2D eigenvalue weighted by Crippen LogP contribution is 2.28. The van der Waals surface area contributed by atoms with Crippen LogP contribution in [0.25, 0.3) is 11.4 Å². The quantitative estimate of drug-likeness (QED) is 0.800. The molecule has 0 bridgehead atoms. The van der Waals surface area contributed by atoms with E-state index in [2.05, 4.69) is 25.3 Å². The van der Waals surface area contributed by atoms with Crippen LogP contribution in [0.1, 0.15) is 0 Å². The fourth-order valence-corrected chi connectivity index (χ4v) is 2.05. The van der Waals surface area contributed by atoms with E-state index in [1.807, 2.05) is 0 Å². The lowest BCUT2D eigenvalue weighted by Gasteiger charge is -1.98. The molecule has 0 amide bonds. The van der Waals surface area contributed by atoms with E-state index in [4.69, 9.17) is 11.6 Å². The number of rotatable bonds is 1. The molecule has 0 atom stereocenters. The van der Waals surface area contributed by atoms with E-state index < -0.39 is 0 Å². The Morgan fingerprint density at radius 2 is 2.21 bits per heavy atom. The third-order valence-electron chi connectivity index (χ3n) is 1.57. The summed E-state index contributed by atoms with van der Waals surface area (Å²) in [6.07, 6.45) is 0. The molecule has 0 aliphatic heterocycles. The van der Waals surface area contributed by atoms with Gasteiger partial charge in [-0.25, -0.2) is 9.37 Å². The first kappa shape index (κ1) is 10.0. The van der Waals surface area contributed by atoms with E-state index in [1.165, 1.54) is 23.7 Å². The van der Waals surface area contributed by atoms with E-state index in [0.717, 1.165) is 0 Å². The zero-order valence-corrected chi connectivity index (χ0v) is 9.83. The zero-order valence-electron chi connectivity index (χ0n) is 6.67. The van der Waals surface area contributed by atoms with E-state index in [0.29, 0.717) is 20.3 Å². The van der Waals surface area contributed by atoms with Crippen molar-refractivity contribution in [2.75, 3.05) is 0 Å². The molecule has 0 fully saturated rings. The molecule has 1 heterocycles. The van der Waals surface area contributed by atoms with Crippen LogP contribution in [0.15, 0.2) is 22.1 Å². The maximum Gasteiger partial charge on any atom is 0.179 e. The molecule has 0 N–H and O–H groups in total. The average molecular weight is 294 g/mol. The second-order valence-electron chi connectivity index (χ2n) is 2.50. The highest BCUT2D eigenvalue weighted by Gasteiger charge is 2.09. The molecule has 14 heavy (non-hydrogen) atoms. The third-order valence-corrected chi connectivity index (χ3v) is 3.00. The summed E-state index contributed by atoms with van der Waals surface area (Å²) in [6, 6.07) is 4.13. The zero-order chi connectivity index (χ0) is 10.1. The molecule has 0 spiro atoms. The molecule has 1 aromatic heterocycles. The Morgan fingerprint density at radius 3 is 2.79 bits per heavy atom. The fraction of sp³-hybridized carbons (Fsp3) is 0. The minimum Gasteiger partial charge on any atom is -0.208 e. The summed E-state index contributed by atoms with van der Waals surface area (Å²) >= 11 is 10.3. The largest absolute Gasteiger partial charge is 0.208 e. The first-order valence-electron chi connectivity index (χ1n) is 3.61. The van der Waals surface area contributed by atoms with Gasteiger partial charge >= 0.3 is 0 Å². The molecule has 0 radical (unpaired) electrons. The van der Waals surface area contributed by atoms with Gasteiger partial charge in [-0.1, -0.05) is 11.6 Å². The molecular weight excluding hydrogens is 291 g/mol. The molecule has 72 valence electrons. The molecule has 0 unspecified atom stereocenters. The monoisotopic (exact) mass is 292 g/mol. The van der Waals surface area contributed by atoms with Crippen LogP contribution in [0.2, 0.25) is 5.02 Å². The molecule has 0 saturated carbocycles. The highest BCUT2D eigenvalue weighted by molar-refractivity contribution is 9.11. The molecule has 6 heteroatoms. The Morgan fingerprint density at radius 1 is 1.43 bits per heavy atom. The third kappa shape index (κ3) is 1.94. The van der Waals surface area contributed by atoms with E-state index in [1.54, 1.807) is 6.07 Å². The van der Waals surface area contributed by atoms with Gasteiger partial charge in [0.2, 0.25) is 0 Å². The van der Waals surface area contributed by atoms with Gasteiger partial charge in [0, 0.05) is 5.56 Å². The van der Waals surface area contributed by atoms with Crippen molar-refractivity contribution in [3.63, 3.8) is 0 Å². The molecule has 2 aromatic rings. The first-order chi connectivity index (χ1) is 6.66. The van der Waals surface area contributed by atoms with Crippen molar-refractivity contribution in [1.29, 1.82) is 0 Å². The number of nitrogens with zero attached hydrogens (tertiary/aromatic N) is 2. The van der Waals surface area contributed by atoms with Crippen LogP contribution in [0.5, 0.6) is 0 Å². The van der Waals surface area contributed by atoms with Gasteiger partial charge in [-0.3, -0.25) is 0 Å². The highest BCUT2D eigenvalue weighted by atomic mass is 79.9. The van der Waals surface area contributed by atoms with Crippen molar-refractivity contribution in [1.82, 2.24) is 9.36 Å². The van der Waals surface area contributed by atoms with Gasteiger partial charge in [-0.15, -0.1) is 0 Å². The Bertz CT molecular complexity index is 474. The standard InChI is InChI=1S/C8H3BrClFN2S/c9-8-12-7(13-14-8)5-2-1-4(11)3-6(5)10/h1-3H. The van der Waals surface area contributed by atoms with Gasteiger partial charge < -0.3 is 0 Å². The first-order valence-corrected chi connectivity index (χ1v) is 5.56. The molecule has 0 saturated heterocycles. The van der Waals surface area contributed by atoms with Gasteiger partial charge in [-0.05, 0) is 45.7 Å². The summed E-state index contributed by atoms with van der Waals surface area (Å²) in [6.45, 7) is 0. The summed E-state index contributed by atoms with van der Waals surface area (Å²) in [5.41, 5.74) is 0.634. The lowest BCUT2D eigenvalue weighted by molar-refractivity contribution is 0.628. The molecule has 2 rings (SSSR count). The Kier molecular flexibility index (Phi) is 2.80. The van der Waals surface area contributed by atoms with Crippen molar-refractivity contribution in [3.05, 3.63) is 33.0 Å². The van der Waals surface area contributed by atoms with E-state index in [-0.39, 0.29) is 5.82 Å². The maximum atomic E-state index is 12.7. The SMILES string of the molecule is Fc1ccc(-c2nsc(Br)n2)c(Cl)c1. The van der Waals surface area contributed by atoms with Gasteiger partial charge in [0.25, 0.3) is 0 Å². The van der Waals surface area contributed by atoms with Crippen LogP contribution in [-0.2, 0) is 0 Å². The molecule has 0 aliphatic carbocycles. The lowest BCUT2D eigenvalue weighted by Crippen LogP contribution is -1.83. The number of halogens is 3. The van der Waals surface area contributed by atoms with Gasteiger partial charge in [0.05, 0.1) is 5.02 Å². The van der Waals surface area contributed by atoms with Crippen molar-refractivity contribution in [2.24, 2.45) is 0 Å². The summed E-state index contributed by atoms with van der Waals surface area (Å²) in [4.78, 5) is 4.09. The van der Waals surface area contributed by atoms with Gasteiger partial charge in [0.15, 0.2) is 9.74 Å². The number of hydrogen-bond donors (Lipinski definition) is 0. The summed E-state index contributed by atoms with van der Waals surface area (Å²) in [5, 5.41) is 0.315. The van der Waals surface area contributed by atoms with Crippen molar-refractivity contribution < 1.29 is 4.39 Å². The minimum atomic E-state index is -0.368. The predicted octanol–water partition coefficient (Wildman–Crippen LogP) is 3.76. The average Bonchev–Trinajstić information content (AvgIpc) is 2.51. The fourth-order valence-electron chi connectivity index (χ4n) is 0.985.